The van der Waals surface area contributed by atoms with E-state index in [1.54, 1.807) is 12.1 Å². The molecule has 0 saturated heterocycles. The summed E-state index contributed by atoms with van der Waals surface area (Å²) in [5.74, 6) is 0.0559. The lowest BCUT2D eigenvalue weighted by molar-refractivity contribution is 0.0600. The van der Waals surface area contributed by atoms with E-state index in [0.29, 0.717) is 23.5 Å². The second-order valence-corrected chi connectivity index (χ2v) is 3.55. The molecule has 0 unspecified atom stereocenters. The molecule has 0 aliphatic heterocycles. The molecule has 1 aromatic carbocycles. The summed E-state index contributed by atoms with van der Waals surface area (Å²) in [6.07, 6.45) is 1.96. The van der Waals surface area contributed by atoms with Crippen molar-refractivity contribution in [1.82, 2.24) is 0 Å². The van der Waals surface area contributed by atoms with Crippen molar-refractivity contribution in [1.29, 1.82) is 5.26 Å². The number of rotatable bonds is 5. The lowest BCUT2D eigenvalue weighted by Crippen LogP contribution is -2.03. The van der Waals surface area contributed by atoms with Crippen molar-refractivity contribution in [3.8, 4) is 11.8 Å². The van der Waals surface area contributed by atoms with Gasteiger partial charge < -0.3 is 9.47 Å². The summed E-state index contributed by atoms with van der Waals surface area (Å²) < 4.78 is 10.1. The van der Waals surface area contributed by atoms with E-state index in [4.69, 9.17) is 10.00 Å². The minimum absolute atomic E-state index is 0.332. The van der Waals surface area contributed by atoms with Gasteiger partial charge in [0.1, 0.15) is 5.75 Å². The number of esters is 1. The van der Waals surface area contributed by atoms with Crippen LogP contribution >= 0.6 is 0 Å². The van der Waals surface area contributed by atoms with Crippen LogP contribution in [0.25, 0.3) is 0 Å². The Morgan fingerprint density at radius 3 is 2.76 bits per heavy atom. The molecule has 0 heterocycles. The van der Waals surface area contributed by atoms with Crippen molar-refractivity contribution in [3.05, 3.63) is 29.3 Å². The molecule has 0 saturated carbocycles. The molecule has 0 atom stereocenters. The van der Waals surface area contributed by atoms with Crippen molar-refractivity contribution >= 4 is 5.97 Å². The first-order valence-corrected chi connectivity index (χ1v) is 5.47. The molecule has 0 bridgehead atoms. The Balaban J connectivity index is 2.90. The van der Waals surface area contributed by atoms with Gasteiger partial charge in [0.2, 0.25) is 0 Å². The predicted molar refractivity (Wildman–Crippen MR) is 62.9 cm³/mol. The maximum Gasteiger partial charge on any atom is 0.338 e. The Hall–Kier alpha value is -2.02. The Kier molecular flexibility index (Phi) is 5.02. The number of nitrogens with zero attached hydrogens (tertiary/aromatic N) is 1. The van der Waals surface area contributed by atoms with E-state index in [1.807, 2.05) is 6.07 Å². The zero-order valence-electron chi connectivity index (χ0n) is 10.0. The van der Waals surface area contributed by atoms with Crippen molar-refractivity contribution in [2.45, 2.75) is 19.8 Å². The van der Waals surface area contributed by atoms with E-state index in [0.717, 1.165) is 12.8 Å². The summed E-state index contributed by atoms with van der Waals surface area (Å²) in [4.78, 5) is 11.4. The highest BCUT2D eigenvalue weighted by Crippen LogP contribution is 2.18. The fourth-order valence-electron chi connectivity index (χ4n) is 1.32. The average molecular weight is 233 g/mol. The zero-order valence-corrected chi connectivity index (χ0v) is 10.0. The first-order valence-electron chi connectivity index (χ1n) is 5.47. The van der Waals surface area contributed by atoms with Crippen molar-refractivity contribution < 1.29 is 14.3 Å². The van der Waals surface area contributed by atoms with Gasteiger partial charge in [-0.1, -0.05) is 13.3 Å². The number of hydrogen-bond donors (Lipinski definition) is 0. The second kappa shape index (κ2) is 6.54. The van der Waals surface area contributed by atoms with Gasteiger partial charge in [0.15, 0.2) is 0 Å². The van der Waals surface area contributed by atoms with Crippen LogP contribution in [0, 0.1) is 11.3 Å². The van der Waals surface area contributed by atoms with Crippen LogP contribution in [0.1, 0.15) is 35.7 Å². The number of carbonyl (C=O) groups is 1. The molecule has 90 valence electrons. The maximum atomic E-state index is 11.4. The molecule has 4 nitrogen and oxygen atoms in total. The van der Waals surface area contributed by atoms with Crippen molar-refractivity contribution in [3.63, 3.8) is 0 Å². The lowest BCUT2D eigenvalue weighted by Gasteiger charge is -2.07. The Labute approximate surface area is 101 Å². The van der Waals surface area contributed by atoms with E-state index in [1.165, 1.54) is 13.2 Å². The van der Waals surface area contributed by atoms with Crippen molar-refractivity contribution in [2.75, 3.05) is 13.7 Å². The lowest BCUT2D eigenvalue weighted by atomic mass is 10.1. The molecule has 0 amide bonds. The highest BCUT2D eigenvalue weighted by Gasteiger charge is 2.09. The quantitative estimate of drug-likeness (QED) is 0.579. The van der Waals surface area contributed by atoms with Crippen LogP contribution in [0.4, 0.5) is 0 Å². The molecular weight excluding hydrogens is 218 g/mol. The number of methoxy groups -OCH3 is 1. The number of nitriles is 1. The molecule has 0 fully saturated rings. The third kappa shape index (κ3) is 3.80. The second-order valence-electron chi connectivity index (χ2n) is 3.55. The number of benzene rings is 1. The van der Waals surface area contributed by atoms with Gasteiger partial charge in [-0.15, -0.1) is 0 Å². The van der Waals surface area contributed by atoms with Gasteiger partial charge in [-0.3, -0.25) is 0 Å². The monoisotopic (exact) mass is 233 g/mol. The topological polar surface area (TPSA) is 59.3 Å². The highest BCUT2D eigenvalue weighted by molar-refractivity contribution is 5.90. The van der Waals surface area contributed by atoms with Gasteiger partial charge in [0.25, 0.3) is 0 Å². The van der Waals surface area contributed by atoms with Crippen LogP contribution in [-0.4, -0.2) is 19.7 Å². The van der Waals surface area contributed by atoms with Crippen LogP contribution in [-0.2, 0) is 4.74 Å². The van der Waals surface area contributed by atoms with Gasteiger partial charge in [-0.25, -0.2) is 4.79 Å². The highest BCUT2D eigenvalue weighted by atomic mass is 16.5. The fourth-order valence-corrected chi connectivity index (χ4v) is 1.32. The van der Waals surface area contributed by atoms with Gasteiger partial charge in [-0.05, 0) is 24.6 Å². The summed E-state index contributed by atoms with van der Waals surface area (Å²) in [6.45, 7) is 2.64. The van der Waals surface area contributed by atoms with Crippen LogP contribution in [0.15, 0.2) is 18.2 Å². The number of ether oxygens (including phenoxy) is 2. The molecule has 0 aromatic heterocycles. The summed E-state index contributed by atoms with van der Waals surface area (Å²) in [5.41, 5.74) is 0.720. The molecule has 0 aliphatic rings. The zero-order chi connectivity index (χ0) is 12.7. The Morgan fingerprint density at radius 2 is 2.18 bits per heavy atom. The molecule has 0 spiro atoms. The molecule has 0 radical (unpaired) electrons. The van der Waals surface area contributed by atoms with Crippen molar-refractivity contribution in [2.24, 2.45) is 0 Å². The molecule has 1 aromatic rings. The SMILES string of the molecule is CCCCOc1cc(C#N)cc(C(=O)OC)c1. The summed E-state index contributed by atoms with van der Waals surface area (Å²) in [5, 5.41) is 8.85. The Bertz CT molecular complexity index is 435. The molecule has 4 heteroatoms. The third-order valence-electron chi connectivity index (χ3n) is 2.22. The molecule has 17 heavy (non-hydrogen) atoms. The largest absolute Gasteiger partial charge is 0.494 e. The minimum atomic E-state index is -0.470. The van der Waals surface area contributed by atoms with Crippen LogP contribution in [0.3, 0.4) is 0 Å². The Morgan fingerprint density at radius 1 is 1.41 bits per heavy atom. The van der Waals surface area contributed by atoms with E-state index < -0.39 is 5.97 Å². The van der Waals surface area contributed by atoms with Crippen LogP contribution in [0.5, 0.6) is 5.75 Å². The first kappa shape index (κ1) is 13.0. The van der Waals surface area contributed by atoms with E-state index >= 15 is 0 Å². The van der Waals surface area contributed by atoms with Crippen LogP contribution in [0.2, 0.25) is 0 Å². The normalized spacial score (nSPS) is 9.47. The minimum Gasteiger partial charge on any atom is -0.494 e. The summed E-state index contributed by atoms with van der Waals surface area (Å²) >= 11 is 0. The van der Waals surface area contributed by atoms with E-state index in [2.05, 4.69) is 11.7 Å². The van der Waals surface area contributed by atoms with Gasteiger partial charge in [0.05, 0.1) is 30.9 Å². The van der Waals surface area contributed by atoms with Gasteiger partial charge >= 0.3 is 5.97 Å². The fraction of sp³-hybridized carbons (Fsp3) is 0.385. The molecule has 0 N–H and O–H groups in total. The number of unbranched alkanes of at least 4 members (excludes halogenated alkanes) is 1. The average Bonchev–Trinajstić information content (AvgIpc) is 2.37. The summed E-state index contributed by atoms with van der Waals surface area (Å²) in [7, 11) is 1.30. The number of hydrogen-bond acceptors (Lipinski definition) is 4. The van der Waals surface area contributed by atoms with E-state index in [9.17, 15) is 4.79 Å². The first-order chi connectivity index (χ1) is 8.21. The molecule has 0 aliphatic carbocycles. The number of carbonyl (C=O) groups excluding carboxylic acids is 1. The van der Waals surface area contributed by atoms with E-state index in [-0.39, 0.29) is 0 Å². The van der Waals surface area contributed by atoms with Gasteiger partial charge in [0, 0.05) is 0 Å². The van der Waals surface area contributed by atoms with Crippen LogP contribution < -0.4 is 4.74 Å². The smallest absolute Gasteiger partial charge is 0.338 e. The molecule has 1 rings (SSSR count). The third-order valence-corrected chi connectivity index (χ3v) is 2.22. The summed E-state index contributed by atoms with van der Waals surface area (Å²) in [6, 6.07) is 6.67. The standard InChI is InChI=1S/C13H15NO3/c1-3-4-5-17-12-7-10(9-14)6-11(8-12)13(15)16-2/h6-8H,3-5H2,1-2H3. The predicted octanol–water partition coefficient (Wildman–Crippen LogP) is 2.52. The van der Waals surface area contributed by atoms with Gasteiger partial charge in [-0.2, -0.15) is 5.26 Å². The molecular formula is C13H15NO3. The maximum absolute atomic E-state index is 11.4.